The van der Waals surface area contributed by atoms with Gasteiger partial charge in [0.15, 0.2) is 0 Å². The van der Waals surface area contributed by atoms with Gasteiger partial charge in [0.2, 0.25) is 0 Å². The Morgan fingerprint density at radius 3 is 2.68 bits per heavy atom. The molecule has 0 saturated heterocycles. The summed E-state index contributed by atoms with van der Waals surface area (Å²) in [7, 11) is 0. The van der Waals surface area contributed by atoms with E-state index >= 15 is 0 Å². The molecule has 0 bridgehead atoms. The Morgan fingerprint density at radius 2 is 2.09 bits per heavy atom. The number of benzene rings is 1. The van der Waals surface area contributed by atoms with Crippen LogP contribution in [-0.2, 0) is 12.7 Å². The van der Waals surface area contributed by atoms with Crippen molar-refractivity contribution in [1.29, 1.82) is 0 Å². The molecular formula is C16H18F3N3. The predicted molar refractivity (Wildman–Crippen MR) is 77.0 cm³/mol. The zero-order valence-electron chi connectivity index (χ0n) is 12.0. The number of aromatic amines is 1. The summed E-state index contributed by atoms with van der Waals surface area (Å²) < 4.78 is 38.7. The van der Waals surface area contributed by atoms with Crippen molar-refractivity contribution < 1.29 is 13.2 Å². The Balaban J connectivity index is 1.79. The van der Waals surface area contributed by atoms with Crippen LogP contribution in [0.4, 0.5) is 13.2 Å². The largest absolute Gasteiger partial charge is 0.416 e. The second kappa shape index (κ2) is 6.12. The predicted octanol–water partition coefficient (Wildman–Crippen LogP) is 4.06. The topological polar surface area (TPSA) is 40.7 Å². The minimum absolute atomic E-state index is 0.0562. The number of hydrogen-bond donors (Lipinski definition) is 2. The smallest absolute Gasteiger partial charge is 0.304 e. The molecule has 3 nitrogen and oxygen atoms in total. The molecule has 22 heavy (non-hydrogen) atoms. The molecule has 2 N–H and O–H groups in total. The fraction of sp³-hybridized carbons (Fsp3) is 0.438. The minimum Gasteiger partial charge on any atom is -0.304 e. The van der Waals surface area contributed by atoms with Gasteiger partial charge in [0, 0.05) is 24.5 Å². The van der Waals surface area contributed by atoms with Crippen LogP contribution >= 0.6 is 0 Å². The lowest BCUT2D eigenvalue weighted by Gasteiger charge is -2.35. The van der Waals surface area contributed by atoms with Crippen LogP contribution in [0.2, 0.25) is 0 Å². The summed E-state index contributed by atoms with van der Waals surface area (Å²) in [5.41, 5.74) is 1.05. The number of halogens is 3. The van der Waals surface area contributed by atoms with Crippen LogP contribution in [0.1, 0.15) is 42.1 Å². The fourth-order valence-corrected chi connectivity index (χ4v) is 2.84. The van der Waals surface area contributed by atoms with E-state index in [9.17, 15) is 13.2 Å². The second-order valence-electron chi connectivity index (χ2n) is 5.75. The van der Waals surface area contributed by atoms with Crippen molar-refractivity contribution in [2.75, 3.05) is 0 Å². The number of nitrogens with one attached hydrogen (secondary N) is 2. The molecule has 1 aliphatic rings. The lowest BCUT2D eigenvalue weighted by Crippen LogP contribution is -2.32. The number of alkyl halides is 3. The van der Waals surface area contributed by atoms with E-state index in [0.29, 0.717) is 18.0 Å². The quantitative estimate of drug-likeness (QED) is 0.874. The normalized spacial score (nSPS) is 17.2. The number of aromatic nitrogens is 2. The molecule has 0 unspecified atom stereocenters. The summed E-state index contributed by atoms with van der Waals surface area (Å²) in [6, 6.07) is 7.45. The molecular weight excluding hydrogens is 291 g/mol. The minimum atomic E-state index is -4.30. The van der Waals surface area contributed by atoms with Crippen molar-refractivity contribution in [3.63, 3.8) is 0 Å². The highest BCUT2D eigenvalue weighted by Crippen LogP contribution is 2.39. The highest BCUT2D eigenvalue weighted by Gasteiger charge is 2.33. The third-order valence-electron chi connectivity index (χ3n) is 4.27. The highest BCUT2D eigenvalue weighted by atomic mass is 19.4. The van der Waals surface area contributed by atoms with E-state index in [1.165, 1.54) is 12.1 Å². The van der Waals surface area contributed by atoms with Crippen LogP contribution in [0.5, 0.6) is 0 Å². The van der Waals surface area contributed by atoms with Crippen molar-refractivity contribution >= 4 is 0 Å². The number of rotatable bonds is 5. The summed E-state index contributed by atoms with van der Waals surface area (Å²) in [6.45, 7) is 0.567. The van der Waals surface area contributed by atoms with E-state index in [2.05, 4.69) is 15.5 Å². The van der Waals surface area contributed by atoms with E-state index in [4.69, 9.17) is 0 Å². The molecule has 3 rings (SSSR count). The number of hydrogen-bond acceptors (Lipinski definition) is 2. The molecule has 1 saturated carbocycles. The summed E-state index contributed by atoms with van der Waals surface area (Å²) in [5.74, 6) is 0.395. The van der Waals surface area contributed by atoms with Crippen LogP contribution in [0.15, 0.2) is 36.5 Å². The van der Waals surface area contributed by atoms with Crippen molar-refractivity contribution in [1.82, 2.24) is 15.5 Å². The number of H-pyrrole nitrogens is 1. The van der Waals surface area contributed by atoms with Crippen LogP contribution in [0.3, 0.4) is 0 Å². The van der Waals surface area contributed by atoms with Crippen LogP contribution in [0, 0.1) is 5.92 Å². The molecule has 0 amide bonds. The maximum absolute atomic E-state index is 12.9. The van der Waals surface area contributed by atoms with Gasteiger partial charge in [-0.25, -0.2) is 0 Å². The SMILES string of the molecule is FC(F)(F)c1cccc([C@H](NCc2ccn[nH]2)C2CCC2)c1. The highest BCUT2D eigenvalue weighted by molar-refractivity contribution is 5.29. The van der Waals surface area contributed by atoms with E-state index in [-0.39, 0.29) is 6.04 Å². The van der Waals surface area contributed by atoms with Gasteiger partial charge < -0.3 is 5.32 Å². The average molecular weight is 309 g/mol. The zero-order chi connectivity index (χ0) is 15.6. The molecule has 1 heterocycles. The molecule has 1 aromatic carbocycles. The fourth-order valence-electron chi connectivity index (χ4n) is 2.84. The van der Waals surface area contributed by atoms with Gasteiger partial charge in [-0.15, -0.1) is 0 Å². The van der Waals surface area contributed by atoms with E-state index in [1.54, 1.807) is 12.3 Å². The van der Waals surface area contributed by atoms with E-state index in [0.717, 1.165) is 31.0 Å². The Hall–Kier alpha value is -1.82. The molecule has 2 aromatic rings. The maximum atomic E-state index is 12.9. The van der Waals surface area contributed by atoms with Crippen molar-refractivity contribution in [2.45, 2.75) is 38.0 Å². The Morgan fingerprint density at radius 1 is 1.27 bits per heavy atom. The third kappa shape index (κ3) is 3.32. The lowest BCUT2D eigenvalue weighted by atomic mass is 9.77. The van der Waals surface area contributed by atoms with Gasteiger partial charge in [-0.1, -0.05) is 18.6 Å². The monoisotopic (exact) mass is 309 g/mol. The van der Waals surface area contributed by atoms with Gasteiger partial charge in [-0.05, 0) is 42.5 Å². The van der Waals surface area contributed by atoms with Crippen molar-refractivity contribution in [3.8, 4) is 0 Å². The first kappa shape index (κ1) is 15.1. The van der Waals surface area contributed by atoms with Crippen LogP contribution in [-0.4, -0.2) is 10.2 Å². The summed E-state index contributed by atoms with van der Waals surface area (Å²) >= 11 is 0. The van der Waals surface area contributed by atoms with Gasteiger partial charge in [0.25, 0.3) is 0 Å². The Bertz CT molecular complexity index is 603. The summed E-state index contributed by atoms with van der Waals surface area (Å²) in [4.78, 5) is 0. The molecule has 1 fully saturated rings. The Kier molecular flexibility index (Phi) is 4.20. The average Bonchev–Trinajstić information content (AvgIpc) is 2.93. The first-order valence-corrected chi connectivity index (χ1v) is 7.43. The van der Waals surface area contributed by atoms with E-state index in [1.807, 2.05) is 6.07 Å². The molecule has 1 aliphatic carbocycles. The summed E-state index contributed by atoms with van der Waals surface area (Å²) in [6.07, 6.45) is 0.614. The molecule has 1 atom stereocenters. The standard InChI is InChI=1S/C16H18F3N3/c17-16(18,19)13-6-2-5-12(9-13)15(11-3-1-4-11)20-10-14-7-8-21-22-14/h2,5-9,11,15,20H,1,3-4,10H2,(H,21,22)/t15-/m1/s1. The molecule has 6 heteroatoms. The molecule has 0 radical (unpaired) electrons. The van der Waals surface area contributed by atoms with Gasteiger partial charge >= 0.3 is 6.18 Å². The second-order valence-corrected chi connectivity index (χ2v) is 5.75. The van der Waals surface area contributed by atoms with Gasteiger partial charge in [-0.3, -0.25) is 5.10 Å². The van der Waals surface area contributed by atoms with Gasteiger partial charge in [0.05, 0.1) is 5.56 Å². The third-order valence-corrected chi connectivity index (χ3v) is 4.27. The maximum Gasteiger partial charge on any atom is 0.416 e. The molecule has 0 aliphatic heterocycles. The zero-order valence-corrected chi connectivity index (χ0v) is 12.0. The van der Waals surface area contributed by atoms with Crippen LogP contribution < -0.4 is 5.32 Å². The number of nitrogens with zero attached hydrogens (tertiary/aromatic N) is 1. The van der Waals surface area contributed by atoms with Crippen LogP contribution in [0.25, 0.3) is 0 Å². The molecule has 0 spiro atoms. The van der Waals surface area contributed by atoms with E-state index < -0.39 is 11.7 Å². The van der Waals surface area contributed by atoms with Gasteiger partial charge in [0.1, 0.15) is 0 Å². The van der Waals surface area contributed by atoms with Crippen molar-refractivity contribution in [3.05, 3.63) is 53.3 Å². The Labute approximate surface area is 126 Å². The van der Waals surface area contributed by atoms with Gasteiger partial charge in [-0.2, -0.15) is 18.3 Å². The molecule has 118 valence electrons. The first-order chi connectivity index (χ1) is 10.5. The summed E-state index contributed by atoms with van der Waals surface area (Å²) in [5, 5.41) is 10.1. The van der Waals surface area contributed by atoms with Crippen molar-refractivity contribution in [2.24, 2.45) is 5.92 Å². The first-order valence-electron chi connectivity index (χ1n) is 7.43. The molecule has 1 aromatic heterocycles. The lowest BCUT2D eigenvalue weighted by molar-refractivity contribution is -0.137.